The van der Waals surface area contributed by atoms with Gasteiger partial charge in [0.25, 0.3) is 0 Å². The van der Waals surface area contributed by atoms with E-state index in [1.54, 1.807) is 0 Å². The Hall–Kier alpha value is -7.40. The lowest BCUT2D eigenvalue weighted by Gasteiger charge is -2.27. The topological polar surface area (TPSA) is 21.3 Å². The van der Waals surface area contributed by atoms with Crippen LogP contribution in [0.5, 0.6) is 0 Å². The fourth-order valence-electron chi connectivity index (χ4n) is 8.86. The number of anilines is 3. The van der Waals surface area contributed by atoms with Gasteiger partial charge in [-0.1, -0.05) is 127 Å². The summed E-state index contributed by atoms with van der Waals surface area (Å²) in [5.41, 5.74) is 13.3. The average Bonchev–Trinajstić information content (AvgIpc) is 3.96. The summed E-state index contributed by atoms with van der Waals surface area (Å²) >= 11 is 1.85. The van der Waals surface area contributed by atoms with Crippen molar-refractivity contribution >= 4 is 92.3 Å². The lowest BCUT2D eigenvalue weighted by molar-refractivity contribution is 0.669. The molecule has 0 aliphatic rings. The van der Waals surface area contributed by atoms with E-state index in [1.165, 1.54) is 58.7 Å². The summed E-state index contributed by atoms with van der Waals surface area (Å²) in [4.78, 5) is 2.41. The van der Waals surface area contributed by atoms with E-state index < -0.39 is 0 Å². The Balaban J connectivity index is 1.06. The third-order valence-electron chi connectivity index (χ3n) is 11.6. The molecule has 3 heterocycles. The Bertz CT molecular complexity index is 3500. The molecule has 0 saturated carbocycles. The Kier molecular flexibility index (Phi) is 7.40. The van der Waals surface area contributed by atoms with Gasteiger partial charge in [-0.2, -0.15) is 0 Å². The van der Waals surface area contributed by atoms with E-state index in [-0.39, 0.29) is 0 Å². The van der Waals surface area contributed by atoms with E-state index in [9.17, 15) is 0 Å². The second kappa shape index (κ2) is 13.1. The van der Waals surface area contributed by atoms with Crippen LogP contribution in [0.1, 0.15) is 0 Å². The van der Waals surface area contributed by atoms with Crippen molar-refractivity contribution < 1.29 is 4.42 Å². The number of nitrogens with zero attached hydrogens (tertiary/aromatic N) is 2. The number of para-hydroxylation sites is 3. The zero-order chi connectivity index (χ0) is 38.2. The van der Waals surface area contributed by atoms with Crippen molar-refractivity contribution in [3.8, 4) is 27.9 Å². The number of thiophene rings is 1. The van der Waals surface area contributed by atoms with E-state index in [0.717, 1.165) is 50.3 Å². The Morgan fingerprint density at radius 3 is 1.84 bits per heavy atom. The van der Waals surface area contributed by atoms with E-state index in [4.69, 9.17) is 4.42 Å². The fourth-order valence-corrected chi connectivity index (χ4v) is 10.0. The molecule has 9 aromatic carbocycles. The van der Waals surface area contributed by atoms with Gasteiger partial charge < -0.3 is 13.9 Å². The lowest BCUT2D eigenvalue weighted by atomic mass is 10.00. The number of aromatic nitrogens is 1. The van der Waals surface area contributed by atoms with E-state index in [0.29, 0.717) is 0 Å². The zero-order valence-corrected chi connectivity index (χ0v) is 32.2. The second-order valence-corrected chi connectivity index (χ2v) is 16.0. The highest BCUT2D eigenvalue weighted by molar-refractivity contribution is 7.26. The first-order valence-corrected chi connectivity index (χ1v) is 20.5. The molecule has 0 aliphatic heterocycles. The van der Waals surface area contributed by atoms with Crippen LogP contribution in [-0.2, 0) is 0 Å². The monoisotopic (exact) mass is 758 g/mol. The zero-order valence-electron chi connectivity index (χ0n) is 31.3. The maximum absolute atomic E-state index is 6.49. The third kappa shape index (κ3) is 5.19. The summed E-state index contributed by atoms with van der Waals surface area (Å²) in [6, 6.07) is 74.5. The molecule has 12 rings (SSSR count). The van der Waals surface area contributed by atoms with Crippen LogP contribution in [0.2, 0.25) is 0 Å². The highest BCUT2D eigenvalue weighted by Gasteiger charge is 2.22. The summed E-state index contributed by atoms with van der Waals surface area (Å²) in [7, 11) is 0. The van der Waals surface area contributed by atoms with Crippen LogP contribution >= 0.6 is 11.3 Å². The molecule has 3 aromatic heterocycles. The largest absolute Gasteiger partial charge is 0.456 e. The normalized spacial score (nSPS) is 11.8. The summed E-state index contributed by atoms with van der Waals surface area (Å²) in [5.74, 6) is 0. The van der Waals surface area contributed by atoms with E-state index in [1.807, 2.05) is 23.5 Å². The Labute approximate surface area is 338 Å². The fraction of sp³-hybridized carbons (Fsp3) is 0. The van der Waals surface area contributed by atoms with E-state index in [2.05, 4.69) is 204 Å². The van der Waals surface area contributed by atoms with Gasteiger partial charge in [-0.05, 0) is 95.1 Å². The standard InChI is InChI=1S/C54H34N2OS/c1-3-13-35(14-4-1)38-31-47-46-19-9-12-22-53(46)58-54(47)50(33-38)55(41-28-30-45-44-18-8-11-21-51(44)57-52(45)34-41)40-26-23-36(24-27-40)37-25-29-43-42-17-7-10-20-48(42)56(49(43)32-37)39-15-5-2-6-16-39/h1-34H. The highest BCUT2D eigenvalue weighted by atomic mass is 32.1. The molecule has 0 unspecified atom stereocenters. The Morgan fingerprint density at radius 1 is 0.379 bits per heavy atom. The van der Waals surface area contributed by atoms with Crippen molar-refractivity contribution in [2.75, 3.05) is 4.90 Å². The molecule has 0 atom stereocenters. The quantitative estimate of drug-likeness (QED) is 0.168. The van der Waals surface area contributed by atoms with Crippen molar-refractivity contribution in [3.05, 3.63) is 206 Å². The summed E-state index contributed by atoms with van der Waals surface area (Å²) in [5, 5.41) is 7.27. The van der Waals surface area contributed by atoms with Crippen LogP contribution in [0.25, 0.3) is 91.9 Å². The summed E-state index contributed by atoms with van der Waals surface area (Å²) in [6.45, 7) is 0. The smallest absolute Gasteiger partial charge is 0.137 e. The van der Waals surface area contributed by atoms with Crippen molar-refractivity contribution in [2.45, 2.75) is 0 Å². The maximum Gasteiger partial charge on any atom is 0.137 e. The molecule has 0 radical (unpaired) electrons. The van der Waals surface area contributed by atoms with Gasteiger partial charge in [-0.15, -0.1) is 11.3 Å². The second-order valence-electron chi connectivity index (χ2n) is 14.9. The van der Waals surface area contributed by atoms with Crippen LogP contribution in [-0.4, -0.2) is 4.57 Å². The van der Waals surface area contributed by atoms with Crippen molar-refractivity contribution in [2.24, 2.45) is 0 Å². The van der Waals surface area contributed by atoms with Crippen LogP contribution < -0.4 is 4.90 Å². The molecule has 0 spiro atoms. The number of hydrogen-bond donors (Lipinski definition) is 0. The van der Waals surface area contributed by atoms with Gasteiger partial charge in [0.2, 0.25) is 0 Å². The van der Waals surface area contributed by atoms with Gasteiger partial charge in [0, 0.05) is 60.1 Å². The third-order valence-corrected chi connectivity index (χ3v) is 12.8. The molecule has 0 N–H and O–H groups in total. The maximum atomic E-state index is 6.49. The molecule has 0 amide bonds. The molecule has 3 nitrogen and oxygen atoms in total. The molecule has 272 valence electrons. The summed E-state index contributed by atoms with van der Waals surface area (Å²) < 4.78 is 11.4. The minimum Gasteiger partial charge on any atom is -0.456 e. The number of hydrogen-bond acceptors (Lipinski definition) is 3. The van der Waals surface area contributed by atoms with Gasteiger partial charge in [-0.3, -0.25) is 0 Å². The highest BCUT2D eigenvalue weighted by Crippen LogP contribution is 2.48. The predicted molar refractivity (Wildman–Crippen MR) is 247 cm³/mol. The molecule has 0 aliphatic carbocycles. The van der Waals surface area contributed by atoms with Crippen LogP contribution in [0, 0.1) is 0 Å². The molecular formula is C54H34N2OS. The summed E-state index contributed by atoms with van der Waals surface area (Å²) in [6.07, 6.45) is 0. The predicted octanol–water partition coefficient (Wildman–Crippen LogP) is 15.9. The first-order valence-electron chi connectivity index (χ1n) is 19.7. The van der Waals surface area contributed by atoms with Crippen LogP contribution in [0.4, 0.5) is 17.1 Å². The molecule has 0 bridgehead atoms. The van der Waals surface area contributed by atoms with Crippen LogP contribution in [0.15, 0.2) is 211 Å². The number of furan rings is 1. The van der Waals surface area contributed by atoms with E-state index >= 15 is 0 Å². The van der Waals surface area contributed by atoms with Crippen molar-refractivity contribution in [1.29, 1.82) is 0 Å². The van der Waals surface area contributed by atoms with Gasteiger partial charge in [0.15, 0.2) is 0 Å². The van der Waals surface area contributed by atoms with Gasteiger partial charge in [0.05, 0.1) is 21.4 Å². The molecule has 58 heavy (non-hydrogen) atoms. The lowest BCUT2D eigenvalue weighted by Crippen LogP contribution is -2.10. The minimum absolute atomic E-state index is 0.870. The minimum atomic E-state index is 0.870. The molecule has 0 fully saturated rings. The molecular weight excluding hydrogens is 725 g/mol. The SMILES string of the molecule is c1ccc(-c2cc(N(c3ccc(-c4ccc5c6ccccc6n(-c6ccccc6)c5c4)cc3)c3ccc4c(c3)oc3ccccc34)c3sc4ccccc4c3c2)cc1. The average molecular weight is 759 g/mol. The van der Waals surface area contributed by atoms with Crippen LogP contribution in [0.3, 0.4) is 0 Å². The number of fused-ring (bicyclic) bond motifs is 9. The number of benzene rings is 9. The first kappa shape index (κ1) is 32.8. The molecule has 0 saturated heterocycles. The first-order chi connectivity index (χ1) is 28.7. The molecule has 12 aromatic rings. The van der Waals surface area contributed by atoms with Gasteiger partial charge in [0.1, 0.15) is 11.2 Å². The molecule has 4 heteroatoms. The Morgan fingerprint density at radius 2 is 1.00 bits per heavy atom. The van der Waals surface area contributed by atoms with Gasteiger partial charge in [-0.25, -0.2) is 0 Å². The van der Waals surface area contributed by atoms with Crippen molar-refractivity contribution in [1.82, 2.24) is 4.57 Å². The number of rotatable bonds is 6. The van der Waals surface area contributed by atoms with Gasteiger partial charge >= 0.3 is 0 Å². The van der Waals surface area contributed by atoms with Crippen molar-refractivity contribution in [3.63, 3.8) is 0 Å².